The molecule has 0 spiro atoms. The number of rotatable bonds is 4. The first kappa shape index (κ1) is 14.8. The number of hydrogen-bond acceptors (Lipinski definition) is 4. The van der Waals surface area contributed by atoms with Crippen LogP contribution in [0.2, 0.25) is 0 Å². The fourth-order valence-corrected chi connectivity index (χ4v) is 1.74. The van der Waals surface area contributed by atoms with Gasteiger partial charge in [0.15, 0.2) is 0 Å². The summed E-state index contributed by atoms with van der Waals surface area (Å²) in [6.45, 7) is 2.43. The number of ether oxygens (including phenoxy) is 1. The van der Waals surface area contributed by atoms with Crippen molar-refractivity contribution in [2.45, 2.75) is 13.5 Å². The smallest absolute Gasteiger partial charge is 0.266 e. The van der Waals surface area contributed by atoms with Crippen molar-refractivity contribution in [3.8, 4) is 17.6 Å². The summed E-state index contributed by atoms with van der Waals surface area (Å²) in [7, 11) is 0. The predicted octanol–water partition coefficient (Wildman–Crippen LogP) is 0.975. The summed E-state index contributed by atoms with van der Waals surface area (Å²) in [4.78, 5) is 11.6. The van der Waals surface area contributed by atoms with Crippen LogP contribution in [0.25, 0.3) is 0 Å². The summed E-state index contributed by atoms with van der Waals surface area (Å²) in [6.07, 6.45) is 0. The minimum absolute atomic E-state index is 0.140. The Kier molecular flexibility index (Phi) is 5.13. The molecule has 0 unspecified atom stereocenters. The number of aliphatic hydroxyl groups is 1. The lowest BCUT2D eigenvalue weighted by Gasteiger charge is -2.07. The van der Waals surface area contributed by atoms with Crippen LogP contribution in [0, 0.1) is 18.8 Å². The summed E-state index contributed by atoms with van der Waals surface area (Å²) >= 11 is 0. The van der Waals surface area contributed by atoms with Crippen molar-refractivity contribution >= 4 is 0 Å². The van der Waals surface area contributed by atoms with E-state index in [-0.39, 0.29) is 12.2 Å². The van der Waals surface area contributed by atoms with Crippen LogP contribution in [0.1, 0.15) is 11.3 Å². The van der Waals surface area contributed by atoms with Gasteiger partial charge in [-0.3, -0.25) is 4.79 Å². The van der Waals surface area contributed by atoms with Crippen LogP contribution in [0.5, 0.6) is 5.75 Å². The highest BCUT2D eigenvalue weighted by molar-refractivity contribution is 5.38. The minimum atomic E-state index is -0.156. The standard InChI is InChI=1S/C16H16N2O3/c1-13-4-9-16(20)18(17-13)10-12-21-15-7-5-14(6-8-15)3-2-11-19/h4-9,19H,10-12H2,1H3. The molecule has 108 valence electrons. The van der Waals surface area contributed by atoms with Crippen LogP contribution in [0.4, 0.5) is 0 Å². The Hall–Kier alpha value is -2.58. The number of nitrogens with zero attached hydrogens (tertiary/aromatic N) is 2. The second-order valence-corrected chi connectivity index (χ2v) is 4.37. The van der Waals surface area contributed by atoms with E-state index >= 15 is 0 Å². The van der Waals surface area contributed by atoms with Gasteiger partial charge < -0.3 is 9.84 Å². The first-order valence-corrected chi connectivity index (χ1v) is 6.56. The van der Waals surface area contributed by atoms with Gasteiger partial charge in [0, 0.05) is 11.6 Å². The third-order valence-corrected chi connectivity index (χ3v) is 2.74. The molecule has 1 aromatic carbocycles. The Morgan fingerprint density at radius 2 is 2.00 bits per heavy atom. The molecule has 1 N–H and O–H groups in total. The van der Waals surface area contributed by atoms with E-state index in [4.69, 9.17) is 9.84 Å². The Morgan fingerprint density at radius 3 is 2.71 bits per heavy atom. The van der Waals surface area contributed by atoms with Crippen molar-refractivity contribution in [1.29, 1.82) is 0 Å². The topological polar surface area (TPSA) is 64.3 Å². The normalized spacial score (nSPS) is 9.81. The largest absolute Gasteiger partial charge is 0.492 e. The summed E-state index contributed by atoms with van der Waals surface area (Å²) < 4.78 is 6.95. The van der Waals surface area contributed by atoms with Crippen molar-refractivity contribution in [1.82, 2.24) is 9.78 Å². The van der Waals surface area contributed by atoms with E-state index in [0.29, 0.717) is 18.9 Å². The predicted molar refractivity (Wildman–Crippen MR) is 79.1 cm³/mol. The second kappa shape index (κ2) is 7.27. The molecule has 5 heteroatoms. The van der Waals surface area contributed by atoms with Crippen molar-refractivity contribution in [2.24, 2.45) is 0 Å². The van der Waals surface area contributed by atoms with E-state index in [2.05, 4.69) is 16.9 Å². The van der Waals surface area contributed by atoms with Crippen LogP contribution < -0.4 is 10.3 Å². The average molecular weight is 284 g/mol. The van der Waals surface area contributed by atoms with Crippen molar-refractivity contribution in [3.05, 3.63) is 58.0 Å². The first-order chi connectivity index (χ1) is 10.2. The molecule has 1 aromatic heterocycles. The SMILES string of the molecule is Cc1ccc(=O)n(CCOc2ccc(C#CCO)cc2)n1. The van der Waals surface area contributed by atoms with E-state index in [1.165, 1.54) is 10.7 Å². The summed E-state index contributed by atoms with van der Waals surface area (Å²) in [5.41, 5.74) is 1.47. The molecule has 0 amide bonds. The number of aromatic nitrogens is 2. The van der Waals surface area contributed by atoms with Gasteiger partial charge in [-0.25, -0.2) is 4.68 Å². The lowest BCUT2D eigenvalue weighted by atomic mass is 10.2. The second-order valence-electron chi connectivity index (χ2n) is 4.37. The van der Waals surface area contributed by atoms with Crippen LogP contribution in [-0.2, 0) is 6.54 Å². The molecule has 5 nitrogen and oxygen atoms in total. The van der Waals surface area contributed by atoms with Gasteiger partial charge in [-0.2, -0.15) is 5.10 Å². The van der Waals surface area contributed by atoms with E-state index in [9.17, 15) is 4.79 Å². The zero-order valence-electron chi connectivity index (χ0n) is 11.7. The molecule has 0 fully saturated rings. The Labute approximate surface area is 122 Å². The average Bonchev–Trinajstić information content (AvgIpc) is 2.50. The van der Waals surface area contributed by atoms with Gasteiger partial charge in [0.1, 0.15) is 19.0 Å². The van der Waals surface area contributed by atoms with Gasteiger partial charge in [-0.05, 0) is 37.3 Å². The zero-order chi connectivity index (χ0) is 15.1. The molecule has 0 bridgehead atoms. The van der Waals surface area contributed by atoms with Gasteiger partial charge in [-0.15, -0.1) is 0 Å². The van der Waals surface area contributed by atoms with Gasteiger partial charge >= 0.3 is 0 Å². The maximum Gasteiger partial charge on any atom is 0.266 e. The maximum absolute atomic E-state index is 11.6. The highest BCUT2D eigenvalue weighted by Crippen LogP contribution is 2.11. The number of aliphatic hydroxyl groups excluding tert-OH is 1. The number of hydrogen-bond donors (Lipinski definition) is 1. The Bertz CT molecular complexity index is 709. The van der Waals surface area contributed by atoms with Crippen LogP contribution >= 0.6 is 0 Å². The van der Waals surface area contributed by atoms with E-state index in [0.717, 1.165) is 11.3 Å². The molecule has 2 aromatic rings. The molecule has 0 aliphatic heterocycles. The van der Waals surface area contributed by atoms with Crippen molar-refractivity contribution in [3.63, 3.8) is 0 Å². The quantitative estimate of drug-likeness (QED) is 0.850. The van der Waals surface area contributed by atoms with Gasteiger partial charge in [0.25, 0.3) is 5.56 Å². The highest BCUT2D eigenvalue weighted by atomic mass is 16.5. The van der Waals surface area contributed by atoms with E-state index in [1.807, 2.05) is 19.1 Å². The number of aryl methyl sites for hydroxylation is 1. The molecule has 0 saturated carbocycles. The summed E-state index contributed by atoms with van der Waals surface area (Å²) in [6, 6.07) is 10.4. The van der Waals surface area contributed by atoms with Crippen LogP contribution in [-0.4, -0.2) is 28.1 Å². The molecule has 0 aliphatic rings. The monoisotopic (exact) mass is 284 g/mol. The van der Waals surface area contributed by atoms with Gasteiger partial charge in [0.05, 0.1) is 12.2 Å². The third-order valence-electron chi connectivity index (χ3n) is 2.74. The molecule has 0 radical (unpaired) electrons. The van der Waals surface area contributed by atoms with Crippen LogP contribution in [0.3, 0.4) is 0 Å². The molecule has 2 rings (SSSR count). The molecular formula is C16H16N2O3. The zero-order valence-corrected chi connectivity index (χ0v) is 11.7. The number of benzene rings is 1. The molecule has 21 heavy (non-hydrogen) atoms. The van der Waals surface area contributed by atoms with Crippen LogP contribution in [0.15, 0.2) is 41.2 Å². The fourth-order valence-electron chi connectivity index (χ4n) is 1.74. The van der Waals surface area contributed by atoms with E-state index < -0.39 is 0 Å². The molecule has 0 atom stereocenters. The Balaban J connectivity index is 1.91. The lowest BCUT2D eigenvalue weighted by molar-refractivity contribution is 0.287. The molecule has 0 saturated heterocycles. The summed E-state index contributed by atoms with van der Waals surface area (Å²) in [5, 5.41) is 12.8. The minimum Gasteiger partial charge on any atom is -0.492 e. The molecule has 1 heterocycles. The van der Waals surface area contributed by atoms with Crippen molar-refractivity contribution in [2.75, 3.05) is 13.2 Å². The van der Waals surface area contributed by atoms with Gasteiger partial charge in [0.2, 0.25) is 0 Å². The fraction of sp³-hybridized carbons (Fsp3) is 0.250. The first-order valence-electron chi connectivity index (χ1n) is 6.56. The van der Waals surface area contributed by atoms with Crippen molar-refractivity contribution < 1.29 is 9.84 Å². The molecular weight excluding hydrogens is 268 g/mol. The van der Waals surface area contributed by atoms with Gasteiger partial charge in [-0.1, -0.05) is 11.8 Å². The lowest BCUT2D eigenvalue weighted by Crippen LogP contribution is -2.25. The maximum atomic E-state index is 11.6. The third kappa shape index (κ3) is 4.48. The van der Waals surface area contributed by atoms with E-state index in [1.54, 1.807) is 18.2 Å². The Morgan fingerprint density at radius 1 is 1.24 bits per heavy atom. The molecule has 0 aliphatic carbocycles. The highest BCUT2D eigenvalue weighted by Gasteiger charge is 1.99. The summed E-state index contributed by atoms with van der Waals surface area (Å²) in [5.74, 6) is 6.08.